The number of hydrogen-bond acceptors (Lipinski definition) is 3. The fourth-order valence-electron chi connectivity index (χ4n) is 1.79. The van der Waals surface area contributed by atoms with Crippen molar-refractivity contribution in [2.24, 2.45) is 0 Å². The summed E-state index contributed by atoms with van der Waals surface area (Å²) in [6.45, 7) is -1.66. The van der Waals surface area contributed by atoms with Gasteiger partial charge in [-0.3, -0.25) is 4.90 Å². The molecule has 1 atom stereocenters. The Kier molecular flexibility index (Phi) is 5.80. The second kappa shape index (κ2) is 7.12. The molecular formula is C13H15F3N2O. The van der Waals surface area contributed by atoms with E-state index in [2.05, 4.69) is 0 Å². The van der Waals surface area contributed by atoms with Crippen molar-refractivity contribution in [1.82, 2.24) is 4.90 Å². The number of halogens is 3. The quantitative estimate of drug-likeness (QED) is 0.863. The van der Waals surface area contributed by atoms with Crippen molar-refractivity contribution in [3.63, 3.8) is 0 Å². The van der Waals surface area contributed by atoms with Crippen LogP contribution in [0.15, 0.2) is 30.3 Å². The van der Waals surface area contributed by atoms with Crippen molar-refractivity contribution in [3.8, 4) is 6.07 Å². The molecule has 0 heterocycles. The van der Waals surface area contributed by atoms with Gasteiger partial charge in [-0.1, -0.05) is 30.3 Å². The van der Waals surface area contributed by atoms with E-state index in [-0.39, 0.29) is 19.7 Å². The maximum absolute atomic E-state index is 12.4. The summed E-state index contributed by atoms with van der Waals surface area (Å²) in [4.78, 5) is 1.04. The average Bonchev–Trinajstić information content (AvgIpc) is 2.35. The molecule has 0 aliphatic rings. The van der Waals surface area contributed by atoms with Crippen LogP contribution in [0.3, 0.4) is 0 Å². The van der Waals surface area contributed by atoms with E-state index in [1.165, 1.54) is 0 Å². The van der Waals surface area contributed by atoms with Crippen LogP contribution in [-0.2, 0) is 0 Å². The highest BCUT2D eigenvalue weighted by atomic mass is 19.4. The number of alkyl halides is 3. The van der Waals surface area contributed by atoms with Crippen molar-refractivity contribution in [2.75, 3.05) is 26.2 Å². The number of rotatable bonds is 6. The molecule has 0 aromatic heterocycles. The maximum Gasteiger partial charge on any atom is 0.401 e. The van der Waals surface area contributed by atoms with Crippen LogP contribution in [0.4, 0.5) is 13.2 Å². The zero-order valence-electron chi connectivity index (χ0n) is 10.3. The van der Waals surface area contributed by atoms with E-state index in [4.69, 9.17) is 10.4 Å². The maximum atomic E-state index is 12.4. The fraction of sp³-hybridized carbons (Fsp3) is 0.462. The van der Waals surface area contributed by atoms with Gasteiger partial charge >= 0.3 is 6.18 Å². The minimum absolute atomic E-state index is 0.0550. The molecule has 0 aliphatic heterocycles. The van der Waals surface area contributed by atoms with Crippen LogP contribution in [-0.4, -0.2) is 42.4 Å². The number of hydrogen-bond donors (Lipinski definition) is 1. The third-order valence-electron chi connectivity index (χ3n) is 2.62. The summed E-state index contributed by atoms with van der Waals surface area (Å²) >= 11 is 0. The number of aliphatic hydroxyl groups excluding tert-OH is 1. The van der Waals surface area contributed by atoms with Gasteiger partial charge < -0.3 is 5.11 Å². The van der Waals surface area contributed by atoms with Crippen LogP contribution >= 0.6 is 0 Å². The van der Waals surface area contributed by atoms with Crippen molar-refractivity contribution in [2.45, 2.75) is 12.1 Å². The molecule has 0 bridgehead atoms. The molecule has 0 saturated carbocycles. The highest BCUT2D eigenvalue weighted by molar-refractivity contribution is 5.25. The molecule has 6 heteroatoms. The topological polar surface area (TPSA) is 47.3 Å². The first kappa shape index (κ1) is 15.5. The number of nitrogens with zero attached hydrogens (tertiary/aromatic N) is 2. The van der Waals surface area contributed by atoms with Crippen molar-refractivity contribution < 1.29 is 18.3 Å². The van der Waals surface area contributed by atoms with Crippen LogP contribution in [0.25, 0.3) is 0 Å². The lowest BCUT2D eigenvalue weighted by molar-refractivity contribution is -0.146. The lowest BCUT2D eigenvalue weighted by Gasteiger charge is -2.24. The van der Waals surface area contributed by atoms with Crippen molar-refractivity contribution >= 4 is 0 Å². The molecule has 19 heavy (non-hydrogen) atoms. The molecule has 0 fully saturated rings. The van der Waals surface area contributed by atoms with E-state index in [0.717, 1.165) is 4.90 Å². The zero-order valence-corrected chi connectivity index (χ0v) is 10.3. The highest BCUT2D eigenvalue weighted by Gasteiger charge is 2.31. The first-order valence-electron chi connectivity index (χ1n) is 5.81. The number of aliphatic hydroxyl groups is 1. The summed E-state index contributed by atoms with van der Waals surface area (Å²) in [5, 5.41) is 17.9. The molecule has 0 spiro atoms. The minimum Gasteiger partial charge on any atom is -0.395 e. The first-order valence-corrected chi connectivity index (χ1v) is 5.81. The molecule has 3 nitrogen and oxygen atoms in total. The van der Waals surface area contributed by atoms with Gasteiger partial charge in [0.25, 0.3) is 0 Å². The van der Waals surface area contributed by atoms with E-state index in [1.54, 1.807) is 30.3 Å². The molecule has 0 radical (unpaired) electrons. The summed E-state index contributed by atoms with van der Waals surface area (Å²) in [5.74, 6) is -0.643. The summed E-state index contributed by atoms with van der Waals surface area (Å²) in [5.41, 5.74) is 0.676. The van der Waals surface area contributed by atoms with Gasteiger partial charge in [0.15, 0.2) is 0 Å². The van der Waals surface area contributed by atoms with E-state index >= 15 is 0 Å². The molecular weight excluding hydrogens is 257 g/mol. The monoisotopic (exact) mass is 272 g/mol. The van der Waals surface area contributed by atoms with E-state index in [1.807, 2.05) is 6.07 Å². The Morgan fingerprint density at radius 1 is 1.26 bits per heavy atom. The van der Waals surface area contributed by atoms with Gasteiger partial charge in [-0.2, -0.15) is 18.4 Å². The van der Waals surface area contributed by atoms with Gasteiger partial charge in [0.05, 0.1) is 25.1 Å². The van der Waals surface area contributed by atoms with Gasteiger partial charge in [0, 0.05) is 13.1 Å². The standard InChI is InChI=1S/C13H15F3N2O/c14-13(15,16)10-18(6-7-19)9-12(8-17)11-4-2-1-3-5-11/h1-5,12,19H,6-7,9-10H2. The van der Waals surface area contributed by atoms with Crippen LogP contribution in [0.1, 0.15) is 11.5 Å². The lowest BCUT2D eigenvalue weighted by Crippen LogP contribution is -2.38. The normalized spacial score (nSPS) is 13.3. The minimum atomic E-state index is -4.34. The Hall–Kier alpha value is -1.58. The second-order valence-electron chi connectivity index (χ2n) is 4.17. The summed E-state index contributed by atoms with van der Waals surface area (Å²) in [6.07, 6.45) is -4.34. The fourth-order valence-corrected chi connectivity index (χ4v) is 1.79. The molecule has 1 aromatic rings. The summed E-state index contributed by atoms with van der Waals surface area (Å²) < 4.78 is 37.1. The SMILES string of the molecule is N#CC(CN(CCO)CC(F)(F)F)c1ccccc1. The molecule has 1 rings (SSSR count). The predicted octanol–water partition coefficient (Wildman–Crippen LogP) is 2.15. The molecule has 0 amide bonds. The largest absolute Gasteiger partial charge is 0.401 e. The van der Waals surface area contributed by atoms with Crippen LogP contribution < -0.4 is 0 Å². The summed E-state index contributed by atoms with van der Waals surface area (Å²) in [6, 6.07) is 10.7. The van der Waals surface area contributed by atoms with Crippen LogP contribution in [0.2, 0.25) is 0 Å². The Balaban J connectivity index is 2.74. The Morgan fingerprint density at radius 3 is 2.37 bits per heavy atom. The van der Waals surface area contributed by atoms with Gasteiger partial charge in [0.2, 0.25) is 0 Å². The Bertz CT molecular complexity index is 414. The molecule has 1 aromatic carbocycles. The molecule has 104 valence electrons. The Morgan fingerprint density at radius 2 is 1.89 bits per heavy atom. The molecule has 1 unspecified atom stereocenters. The third-order valence-corrected chi connectivity index (χ3v) is 2.62. The van der Waals surface area contributed by atoms with E-state index in [9.17, 15) is 13.2 Å². The Labute approximate surface area is 109 Å². The molecule has 0 saturated heterocycles. The number of benzene rings is 1. The van der Waals surface area contributed by atoms with Crippen molar-refractivity contribution in [1.29, 1.82) is 5.26 Å². The summed E-state index contributed by atoms with van der Waals surface area (Å²) in [7, 11) is 0. The highest BCUT2D eigenvalue weighted by Crippen LogP contribution is 2.20. The third kappa shape index (κ3) is 5.73. The van der Waals surface area contributed by atoms with E-state index < -0.39 is 18.6 Å². The molecule has 1 N–H and O–H groups in total. The lowest BCUT2D eigenvalue weighted by atomic mass is 10.00. The van der Waals surface area contributed by atoms with Gasteiger partial charge in [-0.15, -0.1) is 0 Å². The van der Waals surface area contributed by atoms with Crippen LogP contribution in [0.5, 0.6) is 0 Å². The van der Waals surface area contributed by atoms with Crippen molar-refractivity contribution in [3.05, 3.63) is 35.9 Å². The first-order chi connectivity index (χ1) is 8.96. The van der Waals surface area contributed by atoms with Crippen LogP contribution in [0, 0.1) is 11.3 Å². The second-order valence-corrected chi connectivity index (χ2v) is 4.17. The van der Waals surface area contributed by atoms with Gasteiger partial charge in [0.1, 0.15) is 0 Å². The smallest absolute Gasteiger partial charge is 0.395 e. The predicted molar refractivity (Wildman–Crippen MR) is 64.4 cm³/mol. The van der Waals surface area contributed by atoms with E-state index in [0.29, 0.717) is 5.56 Å². The average molecular weight is 272 g/mol. The van der Waals surface area contributed by atoms with Gasteiger partial charge in [-0.25, -0.2) is 0 Å². The number of nitriles is 1. The van der Waals surface area contributed by atoms with Gasteiger partial charge in [-0.05, 0) is 5.56 Å². The molecule has 0 aliphatic carbocycles. The zero-order chi connectivity index (χ0) is 14.3.